The second-order valence-electron chi connectivity index (χ2n) is 7.55. The van der Waals surface area contributed by atoms with E-state index in [2.05, 4.69) is 9.98 Å². The van der Waals surface area contributed by atoms with E-state index in [1.807, 2.05) is 19.1 Å². The molecule has 0 aliphatic heterocycles. The van der Waals surface area contributed by atoms with Crippen molar-refractivity contribution in [2.75, 3.05) is 19.0 Å². The smallest absolute Gasteiger partial charge is 0.435 e. The average molecular weight is 467 g/mol. The van der Waals surface area contributed by atoms with Crippen LogP contribution in [0.4, 0.5) is 29.9 Å². The van der Waals surface area contributed by atoms with E-state index in [-0.39, 0.29) is 12.4 Å². The molecule has 0 saturated carbocycles. The Kier molecular flexibility index (Phi) is 7.52. The van der Waals surface area contributed by atoms with Gasteiger partial charge < -0.3 is 15.4 Å². The Bertz CT molecular complexity index is 1210. The van der Waals surface area contributed by atoms with Gasteiger partial charge in [-0.15, -0.1) is 0 Å². The number of ether oxygens (including phenoxy) is 1. The molecule has 34 heavy (non-hydrogen) atoms. The van der Waals surface area contributed by atoms with Crippen LogP contribution >= 0.6 is 0 Å². The van der Waals surface area contributed by atoms with Crippen LogP contribution in [0.3, 0.4) is 0 Å². The van der Waals surface area contributed by atoms with Crippen molar-refractivity contribution in [1.82, 2.24) is 9.88 Å². The van der Waals surface area contributed by atoms with E-state index < -0.39 is 29.4 Å². The van der Waals surface area contributed by atoms with Gasteiger partial charge in [0.05, 0.1) is 12.0 Å². The number of pyridine rings is 1. The highest BCUT2D eigenvalue weighted by Gasteiger charge is 2.25. The number of anilines is 2. The fraction of sp³-hybridized carbons (Fsp3) is 0.167. The van der Waals surface area contributed by atoms with Crippen molar-refractivity contribution in [3.8, 4) is 11.3 Å². The number of rotatable bonds is 6. The molecule has 0 spiro atoms. The molecule has 0 aliphatic carbocycles. The predicted molar refractivity (Wildman–Crippen MR) is 125 cm³/mol. The maximum atomic E-state index is 14.4. The predicted octanol–water partition coefficient (Wildman–Crippen LogP) is 4.78. The van der Waals surface area contributed by atoms with Gasteiger partial charge >= 0.3 is 12.1 Å². The largest absolute Gasteiger partial charge is 0.443 e. The second-order valence-corrected chi connectivity index (χ2v) is 7.55. The maximum absolute atomic E-state index is 14.4. The number of amides is 3. The monoisotopic (exact) mass is 467 g/mol. The molecule has 3 aromatic rings. The summed E-state index contributed by atoms with van der Waals surface area (Å²) in [4.78, 5) is 34.5. The van der Waals surface area contributed by atoms with Gasteiger partial charge in [-0.2, -0.15) is 4.99 Å². The molecule has 2 N–H and O–H groups in total. The number of aliphatic imine (C=N–C) groups is 1. The first-order chi connectivity index (χ1) is 16.2. The molecule has 10 heteroatoms. The Morgan fingerprint density at radius 2 is 1.71 bits per heavy atom. The summed E-state index contributed by atoms with van der Waals surface area (Å²) in [5.74, 6) is -2.06. The highest BCUT2D eigenvalue weighted by atomic mass is 19.1. The highest BCUT2D eigenvalue weighted by Crippen LogP contribution is 2.32. The first-order valence-electron chi connectivity index (χ1n) is 10.1. The third-order valence-electron chi connectivity index (χ3n) is 4.64. The summed E-state index contributed by atoms with van der Waals surface area (Å²) in [6.45, 7) is 1.74. The number of carbonyl (C=O) groups is 2. The molecule has 0 saturated heterocycles. The normalized spacial score (nSPS) is 10.9. The first kappa shape index (κ1) is 24.3. The number of para-hydroxylation sites is 1. The average Bonchev–Trinajstić information content (AvgIpc) is 2.79. The highest BCUT2D eigenvalue weighted by molar-refractivity contribution is 5.98. The van der Waals surface area contributed by atoms with Crippen LogP contribution in [0, 0.1) is 18.6 Å². The Hall–Kier alpha value is -4.34. The van der Waals surface area contributed by atoms with Gasteiger partial charge in [-0.05, 0) is 31.2 Å². The van der Waals surface area contributed by atoms with E-state index in [9.17, 15) is 18.4 Å². The summed E-state index contributed by atoms with van der Waals surface area (Å²) < 4.78 is 34.1. The SMILES string of the molecule is Cc1ccc(-c2nc(N(C(N)=O)c3c(F)cccc3F)ccc2COC(=O)/N=C/N(C)C)cc1. The zero-order valence-corrected chi connectivity index (χ0v) is 18.8. The zero-order chi connectivity index (χ0) is 24.8. The molecule has 0 bridgehead atoms. The zero-order valence-electron chi connectivity index (χ0n) is 18.8. The fourth-order valence-electron chi connectivity index (χ4n) is 3.06. The van der Waals surface area contributed by atoms with Crippen LogP contribution in [-0.4, -0.2) is 42.4 Å². The van der Waals surface area contributed by atoms with Crippen LogP contribution in [-0.2, 0) is 11.3 Å². The molecule has 0 aliphatic rings. The van der Waals surface area contributed by atoms with Crippen molar-refractivity contribution in [3.05, 3.63) is 77.4 Å². The van der Waals surface area contributed by atoms with Gasteiger partial charge in [0.2, 0.25) is 0 Å². The topological polar surface area (TPSA) is 101 Å². The number of aromatic nitrogens is 1. The van der Waals surface area contributed by atoms with Crippen LogP contribution in [0.1, 0.15) is 11.1 Å². The Balaban J connectivity index is 2.06. The summed E-state index contributed by atoms with van der Waals surface area (Å²) in [5.41, 5.74) is 7.28. The summed E-state index contributed by atoms with van der Waals surface area (Å²) in [6.07, 6.45) is 0.498. The maximum Gasteiger partial charge on any atom is 0.435 e. The lowest BCUT2D eigenvalue weighted by Crippen LogP contribution is -2.33. The van der Waals surface area contributed by atoms with Gasteiger partial charge in [0.25, 0.3) is 0 Å². The van der Waals surface area contributed by atoms with Crippen LogP contribution in [0.15, 0.2) is 59.6 Å². The number of hydrogen-bond donors (Lipinski definition) is 1. The number of nitrogens with two attached hydrogens (primary N) is 1. The molecule has 3 amide bonds. The van der Waals surface area contributed by atoms with E-state index in [4.69, 9.17) is 10.5 Å². The summed E-state index contributed by atoms with van der Waals surface area (Å²) in [5, 5.41) is 0. The number of carbonyl (C=O) groups excluding carboxylic acids is 2. The minimum absolute atomic E-state index is 0.104. The lowest BCUT2D eigenvalue weighted by atomic mass is 10.0. The fourth-order valence-corrected chi connectivity index (χ4v) is 3.06. The number of halogens is 2. The third kappa shape index (κ3) is 5.71. The molecule has 0 atom stereocenters. The Labute approximate surface area is 195 Å². The number of hydrogen-bond acceptors (Lipinski definition) is 4. The first-order valence-corrected chi connectivity index (χ1v) is 10.1. The number of aryl methyl sites for hydroxylation is 1. The molecule has 1 heterocycles. The molecule has 0 radical (unpaired) electrons. The number of urea groups is 1. The Morgan fingerprint density at radius 3 is 2.29 bits per heavy atom. The quantitative estimate of drug-likeness (QED) is 0.415. The second kappa shape index (κ2) is 10.5. The molecule has 3 rings (SSSR count). The van der Waals surface area contributed by atoms with Gasteiger partial charge in [0, 0.05) is 25.2 Å². The Morgan fingerprint density at radius 1 is 1.06 bits per heavy atom. The molecule has 2 aromatic carbocycles. The van der Waals surface area contributed by atoms with E-state index >= 15 is 0 Å². The molecular formula is C24H23F2N5O3. The molecule has 0 unspecified atom stereocenters. The van der Waals surface area contributed by atoms with Gasteiger partial charge in [0.15, 0.2) is 0 Å². The van der Waals surface area contributed by atoms with Crippen molar-refractivity contribution in [1.29, 1.82) is 0 Å². The summed E-state index contributed by atoms with van der Waals surface area (Å²) in [7, 11) is 3.41. The van der Waals surface area contributed by atoms with E-state index in [1.165, 1.54) is 24.5 Å². The van der Waals surface area contributed by atoms with Crippen LogP contribution in [0.25, 0.3) is 11.3 Å². The van der Waals surface area contributed by atoms with Gasteiger partial charge in [-0.3, -0.25) is 0 Å². The molecular weight excluding hydrogens is 444 g/mol. The lowest BCUT2D eigenvalue weighted by Gasteiger charge is -2.22. The van der Waals surface area contributed by atoms with E-state index in [0.717, 1.165) is 17.7 Å². The summed E-state index contributed by atoms with van der Waals surface area (Å²) >= 11 is 0. The van der Waals surface area contributed by atoms with E-state index in [0.29, 0.717) is 21.7 Å². The van der Waals surface area contributed by atoms with Gasteiger partial charge in [0.1, 0.15) is 29.7 Å². The minimum Gasteiger partial charge on any atom is -0.443 e. The molecule has 1 aromatic heterocycles. The van der Waals surface area contributed by atoms with Gasteiger partial charge in [-0.25, -0.2) is 28.3 Å². The molecule has 8 nitrogen and oxygen atoms in total. The summed E-state index contributed by atoms with van der Waals surface area (Å²) in [6, 6.07) is 12.2. The molecule has 176 valence electrons. The van der Waals surface area contributed by atoms with Crippen molar-refractivity contribution in [3.63, 3.8) is 0 Å². The van der Waals surface area contributed by atoms with Crippen molar-refractivity contribution in [2.45, 2.75) is 13.5 Å². The standard InChI is InChI=1S/C24H23F2N5O3/c1-15-7-9-16(10-8-15)21-17(13-34-24(33)28-14-30(2)3)11-12-20(29-21)31(23(27)32)22-18(25)5-4-6-19(22)26/h4-12,14H,13H2,1-3H3,(H2,27,32)/b28-14+. The van der Waals surface area contributed by atoms with E-state index in [1.54, 1.807) is 31.1 Å². The van der Waals surface area contributed by atoms with Crippen LogP contribution in [0.5, 0.6) is 0 Å². The van der Waals surface area contributed by atoms with Crippen LogP contribution < -0.4 is 10.6 Å². The lowest BCUT2D eigenvalue weighted by molar-refractivity contribution is 0.151. The third-order valence-corrected chi connectivity index (χ3v) is 4.64. The van der Waals surface area contributed by atoms with Gasteiger partial charge in [-0.1, -0.05) is 35.9 Å². The number of benzene rings is 2. The number of primary amides is 1. The van der Waals surface area contributed by atoms with Crippen LogP contribution in [0.2, 0.25) is 0 Å². The molecule has 0 fully saturated rings. The van der Waals surface area contributed by atoms with Crippen molar-refractivity contribution < 1.29 is 23.1 Å². The number of nitrogens with zero attached hydrogens (tertiary/aromatic N) is 4. The van der Waals surface area contributed by atoms with Crippen molar-refractivity contribution in [2.24, 2.45) is 10.7 Å². The van der Waals surface area contributed by atoms with Crippen molar-refractivity contribution >= 4 is 30.0 Å². The minimum atomic E-state index is -1.12.